The molecule has 0 amide bonds. The van der Waals surface area contributed by atoms with Crippen LogP contribution < -0.4 is 10.1 Å². The summed E-state index contributed by atoms with van der Waals surface area (Å²) in [4.78, 5) is 0. The van der Waals surface area contributed by atoms with Gasteiger partial charge in [0.1, 0.15) is 0 Å². The van der Waals surface area contributed by atoms with Crippen molar-refractivity contribution >= 4 is 0 Å². The Morgan fingerprint density at radius 3 is 2.88 bits per heavy atom. The molecule has 0 spiro atoms. The fourth-order valence-electron chi connectivity index (χ4n) is 2.64. The average molecular weight is 223 g/mol. The Morgan fingerprint density at radius 2 is 2.31 bits per heavy atom. The number of methoxy groups -OCH3 is 1. The molecule has 0 aromatic carbocycles. The van der Waals surface area contributed by atoms with E-state index in [1.165, 1.54) is 18.4 Å². The molecule has 16 heavy (non-hydrogen) atoms. The Labute approximate surface area is 97.0 Å². The van der Waals surface area contributed by atoms with Gasteiger partial charge in [-0.3, -0.25) is 0 Å². The number of ether oxygens (including phenoxy) is 1. The van der Waals surface area contributed by atoms with Crippen molar-refractivity contribution in [2.45, 2.75) is 38.6 Å². The van der Waals surface area contributed by atoms with E-state index < -0.39 is 0 Å². The lowest BCUT2D eigenvalue weighted by molar-refractivity contribution is 0.356. The van der Waals surface area contributed by atoms with E-state index in [0.29, 0.717) is 0 Å². The summed E-state index contributed by atoms with van der Waals surface area (Å²) in [6.45, 7) is 5.46. The normalized spacial score (nSPS) is 25.0. The lowest BCUT2D eigenvalue weighted by Gasteiger charge is -2.24. The number of aromatic nitrogens is 2. The molecule has 1 aliphatic rings. The van der Waals surface area contributed by atoms with Gasteiger partial charge in [-0.25, -0.2) is 4.68 Å². The molecule has 2 heterocycles. The fourth-order valence-corrected chi connectivity index (χ4v) is 2.64. The van der Waals surface area contributed by atoms with Crippen molar-refractivity contribution in [3.05, 3.63) is 11.3 Å². The second-order valence-electron chi connectivity index (χ2n) is 4.96. The second-order valence-corrected chi connectivity index (χ2v) is 4.96. The van der Waals surface area contributed by atoms with E-state index in [4.69, 9.17) is 4.74 Å². The van der Waals surface area contributed by atoms with Crippen molar-refractivity contribution in [1.82, 2.24) is 15.1 Å². The van der Waals surface area contributed by atoms with Crippen LogP contribution in [0.5, 0.6) is 5.88 Å². The molecule has 2 rings (SSSR count). The van der Waals surface area contributed by atoms with Crippen molar-refractivity contribution in [3.8, 4) is 5.88 Å². The Bertz CT molecular complexity index is 378. The monoisotopic (exact) mass is 223 g/mol. The molecular formula is C12H21N3O. The van der Waals surface area contributed by atoms with Gasteiger partial charge in [0.05, 0.1) is 12.8 Å². The van der Waals surface area contributed by atoms with E-state index in [2.05, 4.69) is 24.3 Å². The zero-order valence-electron chi connectivity index (χ0n) is 10.6. The smallest absolute Gasteiger partial charge is 0.214 e. The van der Waals surface area contributed by atoms with Crippen molar-refractivity contribution in [1.29, 1.82) is 0 Å². The van der Waals surface area contributed by atoms with Crippen LogP contribution in [0.4, 0.5) is 0 Å². The first kappa shape index (κ1) is 11.5. The maximum Gasteiger partial charge on any atom is 0.214 e. The number of rotatable bonds is 3. The van der Waals surface area contributed by atoms with Crippen molar-refractivity contribution in [2.75, 3.05) is 13.7 Å². The third kappa shape index (κ3) is 1.94. The SMILES string of the molecule is COc1c(CC2(C)CCCN2)c(C)nn1C. The van der Waals surface area contributed by atoms with Crippen molar-refractivity contribution < 1.29 is 4.74 Å². The minimum absolute atomic E-state index is 0.209. The zero-order valence-corrected chi connectivity index (χ0v) is 10.6. The number of nitrogens with zero attached hydrogens (tertiary/aromatic N) is 2. The van der Waals surface area contributed by atoms with Crippen LogP contribution in [0.25, 0.3) is 0 Å². The largest absolute Gasteiger partial charge is 0.481 e. The van der Waals surface area contributed by atoms with Gasteiger partial charge < -0.3 is 10.1 Å². The molecule has 1 aromatic rings. The third-order valence-electron chi connectivity index (χ3n) is 3.51. The Morgan fingerprint density at radius 1 is 1.56 bits per heavy atom. The summed E-state index contributed by atoms with van der Waals surface area (Å²) in [5.41, 5.74) is 2.53. The second kappa shape index (κ2) is 4.09. The Kier molecular flexibility index (Phi) is 2.93. The highest BCUT2D eigenvalue weighted by atomic mass is 16.5. The minimum Gasteiger partial charge on any atom is -0.481 e. The quantitative estimate of drug-likeness (QED) is 0.842. The number of hydrogen-bond donors (Lipinski definition) is 1. The summed E-state index contributed by atoms with van der Waals surface area (Å²) in [5, 5.41) is 8.00. The Balaban J connectivity index is 2.26. The third-order valence-corrected chi connectivity index (χ3v) is 3.51. The molecule has 0 bridgehead atoms. The summed E-state index contributed by atoms with van der Waals surface area (Å²) in [6, 6.07) is 0. The molecule has 90 valence electrons. The molecule has 1 fully saturated rings. The van der Waals surface area contributed by atoms with Gasteiger partial charge in [-0.15, -0.1) is 0 Å². The van der Waals surface area contributed by atoms with Gasteiger partial charge >= 0.3 is 0 Å². The van der Waals surface area contributed by atoms with Crippen LogP contribution in [0.3, 0.4) is 0 Å². The highest BCUT2D eigenvalue weighted by Gasteiger charge is 2.31. The summed E-state index contributed by atoms with van der Waals surface area (Å²) in [7, 11) is 3.64. The summed E-state index contributed by atoms with van der Waals surface area (Å²) >= 11 is 0. The van der Waals surface area contributed by atoms with Crippen LogP contribution >= 0.6 is 0 Å². The predicted molar refractivity (Wildman–Crippen MR) is 63.8 cm³/mol. The summed E-state index contributed by atoms with van der Waals surface area (Å²) < 4.78 is 7.25. The Hall–Kier alpha value is -1.03. The first-order valence-electron chi connectivity index (χ1n) is 5.87. The number of nitrogens with one attached hydrogen (secondary N) is 1. The van der Waals surface area contributed by atoms with E-state index in [-0.39, 0.29) is 5.54 Å². The van der Waals surface area contributed by atoms with Crippen LogP contribution in [-0.4, -0.2) is 29.0 Å². The lowest BCUT2D eigenvalue weighted by atomic mass is 9.91. The van der Waals surface area contributed by atoms with Crippen LogP contribution in [0.1, 0.15) is 31.0 Å². The minimum atomic E-state index is 0.209. The first-order chi connectivity index (χ1) is 7.56. The molecule has 1 saturated heterocycles. The van der Waals surface area contributed by atoms with Gasteiger partial charge in [-0.1, -0.05) is 0 Å². The fraction of sp³-hybridized carbons (Fsp3) is 0.750. The van der Waals surface area contributed by atoms with E-state index in [0.717, 1.165) is 24.5 Å². The topological polar surface area (TPSA) is 39.1 Å². The molecule has 1 aromatic heterocycles. The highest BCUT2D eigenvalue weighted by Crippen LogP contribution is 2.29. The van der Waals surface area contributed by atoms with Crippen LogP contribution in [0.15, 0.2) is 0 Å². The molecular weight excluding hydrogens is 202 g/mol. The van der Waals surface area contributed by atoms with Gasteiger partial charge in [0.2, 0.25) is 5.88 Å². The van der Waals surface area contributed by atoms with Crippen molar-refractivity contribution in [3.63, 3.8) is 0 Å². The van der Waals surface area contributed by atoms with Gasteiger partial charge in [0, 0.05) is 18.2 Å². The molecule has 0 aliphatic carbocycles. The lowest BCUT2D eigenvalue weighted by Crippen LogP contribution is -2.38. The van der Waals surface area contributed by atoms with E-state index in [1.54, 1.807) is 7.11 Å². The van der Waals surface area contributed by atoms with E-state index in [9.17, 15) is 0 Å². The maximum atomic E-state index is 5.42. The molecule has 1 N–H and O–H groups in total. The van der Waals surface area contributed by atoms with Gasteiger partial charge in [-0.2, -0.15) is 5.10 Å². The van der Waals surface area contributed by atoms with E-state index >= 15 is 0 Å². The van der Waals surface area contributed by atoms with Gasteiger partial charge in [-0.05, 0) is 39.7 Å². The number of hydrogen-bond acceptors (Lipinski definition) is 3. The van der Waals surface area contributed by atoms with Crippen LogP contribution in [0.2, 0.25) is 0 Å². The standard InChI is InChI=1S/C12H21N3O/c1-9-10(11(16-4)15(3)14-9)8-12(2)6-5-7-13-12/h13H,5-8H2,1-4H3. The zero-order chi connectivity index (χ0) is 11.8. The summed E-state index contributed by atoms with van der Waals surface area (Å²) in [5.74, 6) is 0.896. The molecule has 1 atom stereocenters. The first-order valence-corrected chi connectivity index (χ1v) is 5.87. The molecule has 4 nitrogen and oxygen atoms in total. The van der Waals surface area contributed by atoms with E-state index in [1.807, 2.05) is 11.7 Å². The molecule has 4 heteroatoms. The molecule has 0 saturated carbocycles. The molecule has 1 unspecified atom stereocenters. The van der Waals surface area contributed by atoms with Crippen LogP contribution in [0, 0.1) is 6.92 Å². The van der Waals surface area contributed by atoms with Gasteiger partial charge in [0.15, 0.2) is 0 Å². The van der Waals surface area contributed by atoms with Gasteiger partial charge in [0.25, 0.3) is 0 Å². The predicted octanol–water partition coefficient (Wildman–Crippen LogP) is 1.42. The highest BCUT2D eigenvalue weighted by molar-refractivity contribution is 5.33. The number of aryl methyl sites for hydroxylation is 2. The summed E-state index contributed by atoms with van der Waals surface area (Å²) in [6.07, 6.45) is 3.48. The molecule has 0 radical (unpaired) electrons. The molecule has 1 aliphatic heterocycles. The van der Waals surface area contributed by atoms with Crippen molar-refractivity contribution in [2.24, 2.45) is 7.05 Å². The maximum absolute atomic E-state index is 5.42. The van der Waals surface area contributed by atoms with Crippen LogP contribution in [-0.2, 0) is 13.5 Å². The average Bonchev–Trinajstić information content (AvgIpc) is 2.74.